The maximum absolute atomic E-state index is 11.9. The van der Waals surface area contributed by atoms with Crippen molar-refractivity contribution in [3.05, 3.63) is 0 Å². The maximum atomic E-state index is 11.9. The summed E-state index contributed by atoms with van der Waals surface area (Å²) in [6, 6.07) is 0. The highest BCUT2D eigenvalue weighted by atomic mass is 33.1. The van der Waals surface area contributed by atoms with Gasteiger partial charge >= 0.3 is 23.9 Å². The number of ether oxygens (including phenoxy) is 2. The second kappa shape index (κ2) is 38.8. The standard InChI is InChI=1S/C40H74O6S2/c1-3-5-7-9-11-13-15-17-19-21-23-25-27-29-31-33-37(41)45-39(43)35-47-48-36-40(44)46-38(42)34-32-30-28-26-24-22-20-18-16-14-12-10-8-6-4-2/h3-36H2,1-2H3. The number of unbranched alkanes of at least 4 members (excludes halogenated alkanes) is 28. The minimum Gasteiger partial charge on any atom is -0.393 e. The molecule has 0 aromatic carbocycles. The Morgan fingerprint density at radius 1 is 0.312 bits per heavy atom. The minimum absolute atomic E-state index is 0.0321. The first-order valence-electron chi connectivity index (χ1n) is 20.2. The van der Waals surface area contributed by atoms with Gasteiger partial charge in [-0.1, -0.05) is 215 Å². The van der Waals surface area contributed by atoms with Gasteiger partial charge in [0, 0.05) is 12.8 Å². The number of esters is 4. The molecule has 8 heteroatoms. The van der Waals surface area contributed by atoms with Crippen molar-refractivity contribution in [2.75, 3.05) is 11.5 Å². The molecule has 282 valence electrons. The van der Waals surface area contributed by atoms with Crippen LogP contribution in [0.1, 0.15) is 219 Å². The van der Waals surface area contributed by atoms with Gasteiger partial charge in [0.05, 0.1) is 0 Å². The summed E-state index contributed by atoms with van der Waals surface area (Å²) in [6.07, 6.45) is 38.4. The van der Waals surface area contributed by atoms with Crippen LogP contribution in [0.25, 0.3) is 0 Å². The average Bonchev–Trinajstić information content (AvgIpc) is 3.06. The van der Waals surface area contributed by atoms with E-state index >= 15 is 0 Å². The number of rotatable bonds is 37. The van der Waals surface area contributed by atoms with E-state index in [0.29, 0.717) is 0 Å². The Labute approximate surface area is 303 Å². The predicted octanol–water partition coefficient (Wildman–Crippen LogP) is 13.0. The van der Waals surface area contributed by atoms with Gasteiger partial charge in [0.15, 0.2) is 0 Å². The molecule has 0 aromatic heterocycles. The molecule has 0 aliphatic carbocycles. The summed E-state index contributed by atoms with van der Waals surface area (Å²) in [5, 5.41) is 0. The van der Waals surface area contributed by atoms with E-state index in [0.717, 1.165) is 60.1 Å². The fraction of sp³-hybridized carbons (Fsp3) is 0.900. The van der Waals surface area contributed by atoms with Gasteiger partial charge in [-0.25, -0.2) is 0 Å². The van der Waals surface area contributed by atoms with Crippen molar-refractivity contribution < 1.29 is 28.7 Å². The summed E-state index contributed by atoms with van der Waals surface area (Å²) in [5.74, 6) is -2.23. The Morgan fingerprint density at radius 3 is 0.750 bits per heavy atom. The van der Waals surface area contributed by atoms with E-state index in [4.69, 9.17) is 9.47 Å². The van der Waals surface area contributed by atoms with Crippen molar-refractivity contribution in [1.82, 2.24) is 0 Å². The average molecular weight is 715 g/mol. The Balaban J connectivity index is 3.47. The van der Waals surface area contributed by atoms with E-state index in [-0.39, 0.29) is 24.3 Å². The van der Waals surface area contributed by atoms with Crippen molar-refractivity contribution in [3.8, 4) is 0 Å². The van der Waals surface area contributed by atoms with Crippen LogP contribution in [0.5, 0.6) is 0 Å². The quantitative estimate of drug-likeness (QED) is 0.0272. The molecule has 48 heavy (non-hydrogen) atoms. The second-order valence-electron chi connectivity index (χ2n) is 13.6. The van der Waals surface area contributed by atoms with E-state index < -0.39 is 23.9 Å². The highest BCUT2D eigenvalue weighted by Crippen LogP contribution is 2.22. The zero-order valence-electron chi connectivity index (χ0n) is 31.3. The summed E-state index contributed by atoms with van der Waals surface area (Å²) in [4.78, 5) is 47.7. The molecule has 0 aliphatic rings. The molecule has 0 N–H and O–H groups in total. The number of hydrogen-bond acceptors (Lipinski definition) is 8. The van der Waals surface area contributed by atoms with Crippen molar-refractivity contribution in [1.29, 1.82) is 0 Å². The predicted molar refractivity (Wildman–Crippen MR) is 206 cm³/mol. The highest BCUT2D eigenvalue weighted by Gasteiger charge is 2.13. The monoisotopic (exact) mass is 714 g/mol. The molecular formula is C40H74O6S2. The van der Waals surface area contributed by atoms with Crippen LogP contribution in [0.2, 0.25) is 0 Å². The Bertz CT molecular complexity index is 698. The molecule has 0 rings (SSSR count). The number of carbonyl (C=O) groups is 4. The van der Waals surface area contributed by atoms with Gasteiger partial charge in [0.1, 0.15) is 11.5 Å². The largest absolute Gasteiger partial charge is 0.393 e. The van der Waals surface area contributed by atoms with Crippen LogP contribution in [0.15, 0.2) is 0 Å². The normalized spacial score (nSPS) is 11.1. The third-order valence-corrected chi connectivity index (χ3v) is 10.9. The molecule has 0 amide bonds. The first-order chi connectivity index (χ1) is 23.5. The van der Waals surface area contributed by atoms with Crippen LogP contribution in [0.4, 0.5) is 0 Å². The van der Waals surface area contributed by atoms with Crippen LogP contribution in [-0.4, -0.2) is 35.4 Å². The second-order valence-corrected chi connectivity index (χ2v) is 16.1. The van der Waals surface area contributed by atoms with E-state index in [1.165, 1.54) is 154 Å². The first-order valence-corrected chi connectivity index (χ1v) is 22.7. The molecule has 0 saturated heterocycles. The molecule has 0 fully saturated rings. The van der Waals surface area contributed by atoms with Crippen LogP contribution >= 0.6 is 21.6 Å². The summed E-state index contributed by atoms with van der Waals surface area (Å²) in [5.41, 5.74) is 0. The van der Waals surface area contributed by atoms with Gasteiger partial charge in [-0.2, -0.15) is 0 Å². The molecule has 0 unspecified atom stereocenters. The number of hydrogen-bond donors (Lipinski definition) is 0. The molecule has 0 spiro atoms. The van der Waals surface area contributed by atoms with Crippen LogP contribution in [0, 0.1) is 0 Å². The van der Waals surface area contributed by atoms with Gasteiger partial charge in [0.2, 0.25) is 0 Å². The van der Waals surface area contributed by atoms with Crippen LogP contribution in [0.3, 0.4) is 0 Å². The lowest BCUT2D eigenvalue weighted by Crippen LogP contribution is -2.15. The van der Waals surface area contributed by atoms with Crippen molar-refractivity contribution in [3.63, 3.8) is 0 Å². The molecule has 0 aromatic rings. The first kappa shape index (κ1) is 47.0. The molecule has 0 atom stereocenters. The molecule has 0 saturated carbocycles. The lowest BCUT2D eigenvalue weighted by atomic mass is 10.0. The van der Waals surface area contributed by atoms with Gasteiger partial charge in [-0.05, 0) is 12.8 Å². The van der Waals surface area contributed by atoms with E-state index in [1.807, 2.05) is 0 Å². The minimum atomic E-state index is -0.601. The molecule has 6 nitrogen and oxygen atoms in total. The summed E-state index contributed by atoms with van der Waals surface area (Å²) < 4.78 is 9.76. The third kappa shape index (κ3) is 37.8. The molecule has 0 radical (unpaired) electrons. The maximum Gasteiger partial charge on any atom is 0.324 e. The molecule has 0 heterocycles. The van der Waals surface area contributed by atoms with Crippen LogP contribution < -0.4 is 0 Å². The van der Waals surface area contributed by atoms with E-state index in [2.05, 4.69) is 13.8 Å². The third-order valence-electron chi connectivity index (χ3n) is 8.86. The molecule has 0 bridgehead atoms. The zero-order valence-corrected chi connectivity index (χ0v) is 32.9. The van der Waals surface area contributed by atoms with Crippen molar-refractivity contribution in [2.24, 2.45) is 0 Å². The van der Waals surface area contributed by atoms with Crippen molar-refractivity contribution >= 4 is 45.5 Å². The van der Waals surface area contributed by atoms with Crippen molar-refractivity contribution in [2.45, 2.75) is 219 Å². The smallest absolute Gasteiger partial charge is 0.324 e. The lowest BCUT2D eigenvalue weighted by Gasteiger charge is -2.05. The van der Waals surface area contributed by atoms with Crippen LogP contribution in [-0.2, 0) is 28.7 Å². The topological polar surface area (TPSA) is 86.7 Å². The van der Waals surface area contributed by atoms with Gasteiger partial charge in [0.25, 0.3) is 0 Å². The molecule has 0 aliphatic heterocycles. The zero-order chi connectivity index (χ0) is 35.2. The fourth-order valence-electron chi connectivity index (χ4n) is 5.88. The molecular weight excluding hydrogens is 641 g/mol. The van der Waals surface area contributed by atoms with Gasteiger partial charge in [-0.15, -0.1) is 0 Å². The lowest BCUT2D eigenvalue weighted by molar-refractivity contribution is -0.159. The highest BCUT2D eigenvalue weighted by molar-refractivity contribution is 8.77. The fourth-order valence-corrected chi connectivity index (χ4v) is 7.43. The van der Waals surface area contributed by atoms with E-state index in [1.54, 1.807) is 0 Å². The summed E-state index contributed by atoms with van der Waals surface area (Å²) in [6.45, 7) is 4.52. The van der Waals surface area contributed by atoms with E-state index in [9.17, 15) is 19.2 Å². The Kier molecular flexibility index (Phi) is 38.0. The van der Waals surface area contributed by atoms with Gasteiger partial charge < -0.3 is 9.47 Å². The Hall–Kier alpha value is -1.02. The number of carbonyl (C=O) groups excluding carboxylic acids is 4. The Morgan fingerprint density at radius 2 is 0.521 bits per heavy atom. The summed E-state index contributed by atoms with van der Waals surface area (Å²) >= 11 is 0. The SMILES string of the molecule is CCCCCCCCCCCCCCCCCC(=O)OC(=O)CSSCC(=O)OC(=O)CCCCCCCCCCCCCCCCC. The summed E-state index contributed by atoms with van der Waals surface area (Å²) in [7, 11) is 2.25. The van der Waals surface area contributed by atoms with Gasteiger partial charge in [-0.3, -0.25) is 19.2 Å².